The predicted octanol–water partition coefficient (Wildman–Crippen LogP) is 4.10. The lowest BCUT2D eigenvalue weighted by atomic mass is 10.1. The zero-order valence-corrected chi connectivity index (χ0v) is 15.3. The molecule has 8 heteroatoms. The number of aromatic nitrogens is 4. The number of halogens is 2. The van der Waals surface area contributed by atoms with Crippen molar-refractivity contribution >= 4 is 11.6 Å². The molecule has 0 amide bonds. The van der Waals surface area contributed by atoms with Crippen molar-refractivity contribution in [3.05, 3.63) is 54.1 Å². The Morgan fingerprint density at radius 2 is 2.00 bits per heavy atom. The van der Waals surface area contributed by atoms with Crippen molar-refractivity contribution in [3.63, 3.8) is 0 Å². The molecule has 3 aromatic rings. The first kappa shape index (κ1) is 18.9. The Morgan fingerprint density at radius 1 is 1.22 bits per heavy atom. The molecule has 0 aliphatic rings. The smallest absolute Gasteiger partial charge is 0.280 e. The van der Waals surface area contributed by atoms with Gasteiger partial charge in [0.1, 0.15) is 5.69 Å². The van der Waals surface area contributed by atoms with Gasteiger partial charge in [-0.05, 0) is 50.1 Å². The van der Waals surface area contributed by atoms with Crippen molar-refractivity contribution in [1.29, 1.82) is 0 Å². The van der Waals surface area contributed by atoms with Crippen LogP contribution in [0.2, 0.25) is 0 Å². The molecule has 0 saturated heterocycles. The fourth-order valence-electron chi connectivity index (χ4n) is 2.70. The summed E-state index contributed by atoms with van der Waals surface area (Å²) in [6.45, 7) is 5.75. The van der Waals surface area contributed by atoms with E-state index in [2.05, 4.69) is 20.4 Å². The molecule has 0 radical (unpaired) electrons. The first-order valence-electron chi connectivity index (χ1n) is 8.45. The van der Waals surface area contributed by atoms with Gasteiger partial charge in [0, 0.05) is 23.6 Å². The molecule has 2 aromatic heterocycles. The van der Waals surface area contributed by atoms with Gasteiger partial charge in [-0.15, -0.1) is 0 Å². The molecule has 0 aliphatic heterocycles. The van der Waals surface area contributed by atoms with Gasteiger partial charge in [0.15, 0.2) is 0 Å². The van der Waals surface area contributed by atoms with Gasteiger partial charge >= 0.3 is 0 Å². The number of alkyl halides is 2. The van der Waals surface area contributed by atoms with Gasteiger partial charge in [0.25, 0.3) is 6.43 Å². The van der Waals surface area contributed by atoms with Crippen molar-refractivity contribution < 1.29 is 13.9 Å². The van der Waals surface area contributed by atoms with Gasteiger partial charge < -0.3 is 10.4 Å². The van der Waals surface area contributed by atoms with E-state index in [0.717, 1.165) is 16.7 Å². The number of hydrogen-bond acceptors (Lipinski definition) is 5. The van der Waals surface area contributed by atoms with Crippen LogP contribution in [-0.4, -0.2) is 30.5 Å². The van der Waals surface area contributed by atoms with Crippen LogP contribution in [0.4, 0.5) is 20.4 Å². The number of aliphatic hydroxyl groups is 1. The number of hydrogen-bond donors (Lipinski definition) is 2. The van der Waals surface area contributed by atoms with Crippen molar-refractivity contribution in [2.45, 2.75) is 39.3 Å². The molecule has 0 atom stereocenters. The van der Waals surface area contributed by atoms with E-state index in [-0.39, 0.29) is 11.6 Å². The molecule has 0 bridgehead atoms. The summed E-state index contributed by atoms with van der Waals surface area (Å²) < 4.78 is 27.3. The van der Waals surface area contributed by atoms with E-state index in [0.29, 0.717) is 12.2 Å². The maximum Gasteiger partial charge on any atom is 0.280 e. The molecule has 27 heavy (non-hydrogen) atoms. The van der Waals surface area contributed by atoms with Gasteiger partial charge in [0.05, 0.1) is 18.3 Å². The van der Waals surface area contributed by atoms with Gasteiger partial charge in [-0.3, -0.25) is 4.68 Å². The largest absolute Gasteiger partial charge is 0.389 e. The van der Waals surface area contributed by atoms with Crippen molar-refractivity contribution in [1.82, 2.24) is 19.7 Å². The Labute approximate surface area is 155 Å². The highest BCUT2D eigenvalue weighted by atomic mass is 19.3. The molecule has 6 nitrogen and oxygen atoms in total. The van der Waals surface area contributed by atoms with Crippen molar-refractivity contribution in [2.24, 2.45) is 0 Å². The van der Waals surface area contributed by atoms with E-state index in [1.165, 1.54) is 12.3 Å². The molecular formula is C19H21F2N5O. The Bertz CT molecular complexity index is 934. The molecule has 0 unspecified atom stereocenters. The number of nitrogens with zero attached hydrogens (tertiary/aromatic N) is 4. The summed E-state index contributed by atoms with van der Waals surface area (Å²) in [5, 5.41) is 17.2. The minimum atomic E-state index is -2.65. The zero-order valence-electron chi connectivity index (χ0n) is 15.3. The first-order valence-corrected chi connectivity index (χ1v) is 8.45. The highest BCUT2D eigenvalue weighted by molar-refractivity contribution is 5.70. The van der Waals surface area contributed by atoms with Gasteiger partial charge in [-0.1, -0.05) is 6.07 Å². The Kier molecular flexibility index (Phi) is 5.18. The van der Waals surface area contributed by atoms with E-state index < -0.39 is 12.0 Å². The summed E-state index contributed by atoms with van der Waals surface area (Å²) in [6.07, 6.45) is 2.22. The minimum absolute atomic E-state index is 0.113. The highest BCUT2D eigenvalue weighted by Crippen LogP contribution is 2.26. The van der Waals surface area contributed by atoms with Crippen LogP contribution in [0.1, 0.15) is 31.5 Å². The summed E-state index contributed by atoms with van der Waals surface area (Å²) >= 11 is 0. The number of aryl methyl sites for hydroxylation is 1. The third-order valence-corrected chi connectivity index (χ3v) is 3.75. The van der Waals surface area contributed by atoms with Crippen molar-refractivity contribution in [2.75, 3.05) is 5.32 Å². The lowest BCUT2D eigenvalue weighted by Gasteiger charge is -2.16. The Morgan fingerprint density at radius 3 is 2.70 bits per heavy atom. The molecule has 0 spiro atoms. The average Bonchev–Trinajstić information content (AvgIpc) is 3.01. The molecule has 0 aliphatic carbocycles. The normalized spacial score (nSPS) is 11.8. The van der Waals surface area contributed by atoms with Gasteiger partial charge in [0.2, 0.25) is 5.95 Å². The van der Waals surface area contributed by atoms with E-state index in [9.17, 15) is 13.9 Å². The molecule has 0 saturated carbocycles. The molecule has 3 rings (SSSR count). The number of rotatable bonds is 6. The van der Waals surface area contributed by atoms with Crippen molar-refractivity contribution in [3.8, 4) is 11.1 Å². The maximum atomic E-state index is 12.8. The zero-order chi connectivity index (χ0) is 19.6. The number of nitrogens with one attached hydrogen (secondary N) is 1. The number of anilines is 2. The Hall–Kier alpha value is -2.87. The monoisotopic (exact) mass is 373 g/mol. The summed E-state index contributed by atoms with van der Waals surface area (Å²) in [5.41, 5.74) is 2.27. The SMILES string of the molecule is Cc1cc(Nc2nccc(C(F)F)n2)cc(-c2cnn(CC(C)(C)O)c2)c1. The molecule has 2 N–H and O–H groups in total. The number of benzene rings is 1. The van der Waals surface area contributed by atoms with Crippen LogP contribution in [0.15, 0.2) is 42.9 Å². The summed E-state index contributed by atoms with van der Waals surface area (Å²) in [4.78, 5) is 7.82. The van der Waals surface area contributed by atoms with Crippen LogP contribution in [0.5, 0.6) is 0 Å². The second kappa shape index (κ2) is 7.40. The van der Waals surface area contributed by atoms with E-state index in [4.69, 9.17) is 0 Å². The second-order valence-electron chi connectivity index (χ2n) is 7.06. The lowest BCUT2D eigenvalue weighted by Crippen LogP contribution is -2.26. The second-order valence-corrected chi connectivity index (χ2v) is 7.06. The van der Waals surface area contributed by atoms with Gasteiger partial charge in [-0.25, -0.2) is 18.7 Å². The lowest BCUT2D eigenvalue weighted by molar-refractivity contribution is 0.0577. The molecule has 1 aromatic carbocycles. The highest BCUT2D eigenvalue weighted by Gasteiger charge is 2.15. The maximum absolute atomic E-state index is 12.8. The molecule has 142 valence electrons. The summed E-state index contributed by atoms with van der Waals surface area (Å²) in [5.74, 6) is 0.113. The topological polar surface area (TPSA) is 75.9 Å². The molecular weight excluding hydrogens is 352 g/mol. The van der Waals surface area contributed by atoms with Gasteiger partial charge in [-0.2, -0.15) is 5.10 Å². The molecule has 2 heterocycles. The summed E-state index contributed by atoms with van der Waals surface area (Å²) in [7, 11) is 0. The third-order valence-electron chi connectivity index (χ3n) is 3.75. The van der Waals surface area contributed by atoms with Crippen LogP contribution in [-0.2, 0) is 6.54 Å². The third kappa shape index (κ3) is 5.07. The van der Waals surface area contributed by atoms with E-state index >= 15 is 0 Å². The Balaban J connectivity index is 1.86. The van der Waals surface area contributed by atoms with Crippen LogP contribution in [0, 0.1) is 6.92 Å². The van der Waals surface area contributed by atoms with E-state index in [1.54, 1.807) is 24.7 Å². The van der Waals surface area contributed by atoms with Crippen LogP contribution in [0.3, 0.4) is 0 Å². The predicted molar refractivity (Wildman–Crippen MR) is 99.0 cm³/mol. The first-order chi connectivity index (χ1) is 12.7. The minimum Gasteiger partial charge on any atom is -0.389 e. The molecule has 0 fully saturated rings. The van der Waals surface area contributed by atoms with Crippen LogP contribution >= 0.6 is 0 Å². The van der Waals surface area contributed by atoms with E-state index in [1.807, 2.05) is 31.3 Å². The summed E-state index contributed by atoms with van der Waals surface area (Å²) in [6, 6.07) is 6.93. The quantitative estimate of drug-likeness (QED) is 0.680. The van der Waals surface area contributed by atoms with Crippen LogP contribution in [0.25, 0.3) is 11.1 Å². The standard InChI is InChI=1S/C19H21F2N5O/c1-12-6-13(14-9-23-26(10-14)11-19(2,3)27)8-15(7-12)24-18-22-5-4-16(25-18)17(20)21/h4-10,17,27H,11H2,1-3H3,(H,22,24,25). The average molecular weight is 373 g/mol. The fourth-order valence-corrected chi connectivity index (χ4v) is 2.70. The fraction of sp³-hybridized carbons (Fsp3) is 0.316. The van der Waals surface area contributed by atoms with Crippen LogP contribution < -0.4 is 5.32 Å².